The Morgan fingerprint density at radius 2 is 2.14 bits per heavy atom. The molecule has 2 unspecified atom stereocenters. The minimum absolute atomic E-state index is 0.130. The Balaban J connectivity index is 1.80. The lowest BCUT2D eigenvalue weighted by Crippen LogP contribution is -2.34. The molecule has 0 saturated carbocycles. The monoisotopic (exact) mass is 284 g/mol. The Labute approximate surface area is 124 Å². The van der Waals surface area contributed by atoms with Gasteiger partial charge in [-0.1, -0.05) is 31.2 Å². The smallest absolute Gasteiger partial charge is 0.268 e. The van der Waals surface area contributed by atoms with Crippen molar-refractivity contribution in [3.8, 4) is 0 Å². The van der Waals surface area contributed by atoms with Crippen LogP contribution in [-0.2, 0) is 13.0 Å². The number of aromatic nitrogens is 1. The number of carbonyl (C=O) groups is 1. The van der Waals surface area contributed by atoms with Gasteiger partial charge in [0.2, 0.25) is 0 Å². The van der Waals surface area contributed by atoms with Gasteiger partial charge in [0.1, 0.15) is 5.69 Å². The lowest BCUT2D eigenvalue weighted by Gasteiger charge is -2.18. The van der Waals surface area contributed by atoms with E-state index < -0.39 is 6.10 Å². The average Bonchev–Trinajstić information content (AvgIpc) is 3.05. The highest BCUT2D eigenvalue weighted by atomic mass is 16.3. The zero-order valence-electron chi connectivity index (χ0n) is 12.1. The molecule has 0 fully saturated rings. The number of aryl methyl sites for hydroxylation is 1. The van der Waals surface area contributed by atoms with Gasteiger partial charge >= 0.3 is 0 Å². The molecule has 0 aliphatic heterocycles. The molecule has 3 rings (SSSR count). The predicted molar refractivity (Wildman–Crippen MR) is 81.1 cm³/mol. The first-order valence-electron chi connectivity index (χ1n) is 7.42. The Hall–Kier alpha value is -2.07. The van der Waals surface area contributed by atoms with Crippen LogP contribution in [0.15, 0.2) is 42.6 Å². The van der Waals surface area contributed by atoms with Crippen molar-refractivity contribution >= 4 is 5.91 Å². The predicted octanol–water partition coefficient (Wildman–Crippen LogP) is 2.29. The van der Waals surface area contributed by atoms with Crippen molar-refractivity contribution < 1.29 is 9.90 Å². The molecule has 1 aliphatic carbocycles. The van der Waals surface area contributed by atoms with E-state index in [9.17, 15) is 9.90 Å². The summed E-state index contributed by atoms with van der Waals surface area (Å²) in [5.41, 5.74) is 2.78. The fourth-order valence-electron chi connectivity index (χ4n) is 3.02. The van der Waals surface area contributed by atoms with Crippen molar-refractivity contribution in [3.05, 3.63) is 59.4 Å². The van der Waals surface area contributed by atoms with Gasteiger partial charge in [-0.05, 0) is 29.7 Å². The molecular weight excluding hydrogens is 264 g/mol. The molecule has 0 spiro atoms. The van der Waals surface area contributed by atoms with Crippen LogP contribution in [0.3, 0.4) is 0 Å². The summed E-state index contributed by atoms with van der Waals surface area (Å²) >= 11 is 0. The summed E-state index contributed by atoms with van der Waals surface area (Å²) in [6.45, 7) is 2.90. The van der Waals surface area contributed by atoms with E-state index in [1.54, 1.807) is 0 Å². The van der Waals surface area contributed by atoms with Crippen LogP contribution in [0.5, 0.6) is 0 Å². The zero-order chi connectivity index (χ0) is 14.8. The van der Waals surface area contributed by atoms with Gasteiger partial charge < -0.3 is 15.0 Å². The number of nitrogens with zero attached hydrogens (tertiary/aromatic N) is 1. The fraction of sp³-hybridized carbons (Fsp3) is 0.353. The summed E-state index contributed by atoms with van der Waals surface area (Å²) in [5.74, 6) is -0.130. The van der Waals surface area contributed by atoms with Gasteiger partial charge in [0.25, 0.3) is 5.91 Å². The number of aliphatic hydroxyl groups is 1. The van der Waals surface area contributed by atoms with Crippen LogP contribution in [0, 0.1) is 0 Å². The van der Waals surface area contributed by atoms with E-state index in [-0.39, 0.29) is 11.9 Å². The standard InChI is InChI=1S/C17H20N2O2/c1-2-9-19-10-5-8-14(19)17(21)18-16-13-7-4-3-6-12(13)11-15(16)20/h3-8,10,15-16,20H,2,9,11H2,1H3,(H,18,21). The Morgan fingerprint density at radius 1 is 1.33 bits per heavy atom. The molecule has 1 heterocycles. The van der Waals surface area contributed by atoms with Gasteiger partial charge in [-0.2, -0.15) is 0 Å². The molecule has 1 amide bonds. The molecule has 1 aliphatic rings. The molecule has 0 bridgehead atoms. The van der Waals surface area contributed by atoms with Crippen LogP contribution >= 0.6 is 0 Å². The molecule has 2 N–H and O–H groups in total. The summed E-state index contributed by atoms with van der Waals surface area (Å²) in [5, 5.41) is 13.2. The minimum atomic E-state index is -0.555. The highest BCUT2D eigenvalue weighted by molar-refractivity contribution is 5.93. The molecule has 110 valence electrons. The molecule has 21 heavy (non-hydrogen) atoms. The van der Waals surface area contributed by atoms with Gasteiger partial charge in [0.05, 0.1) is 12.1 Å². The van der Waals surface area contributed by atoms with Crippen molar-refractivity contribution in [2.45, 2.75) is 38.5 Å². The average molecular weight is 284 g/mol. The lowest BCUT2D eigenvalue weighted by atomic mass is 10.1. The summed E-state index contributed by atoms with van der Waals surface area (Å²) < 4.78 is 1.95. The number of hydrogen-bond acceptors (Lipinski definition) is 2. The number of amides is 1. The highest BCUT2D eigenvalue weighted by Gasteiger charge is 2.32. The number of aliphatic hydroxyl groups excluding tert-OH is 1. The Kier molecular flexibility index (Phi) is 3.80. The van der Waals surface area contributed by atoms with E-state index in [0.29, 0.717) is 12.1 Å². The van der Waals surface area contributed by atoms with Gasteiger partial charge in [-0.3, -0.25) is 4.79 Å². The van der Waals surface area contributed by atoms with Crippen LogP contribution in [-0.4, -0.2) is 21.7 Å². The second kappa shape index (κ2) is 5.74. The van der Waals surface area contributed by atoms with Crippen molar-refractivity contribution in [3.63, 3.8) is 0 Å². The first-order chi connectivity index (χ1) is 10.2. The van der Waals surface area contributed by atoms with E-state index in [1.165, 1.54) is 0 Å². The van der Waals surface area contributed by atoms with E-state index in [2.05, 4.69) is 12.2 Å². The normalized spacial score (nSPS) is 20.3. The van der Waals surface area contributed by atoms with E-state index in [0.717, 1.165) is 24.1 Å². The SMILES string of the molecule is CCCn1cccc1C(=O)NC1c2ccccc2CC1O. The fourth-order valence-corrected chi connectivity index (χ4v) is 3.02. The third kappa shape index (κ3) is 2.59. The molecule has 2 atom stereocenters. The molecule has 1 aromatic heterocycles. The Morgan fingerprint density at radius 3 is 2.95 bits per heavy atom. The number of nitrogens with one attached hydrogen (secondary N) is 1. The van der Waals surface area contributed by atoms with E-state index in [1.807, 2.05) is 47.2 Å². The molecule has 0 saturated heterocycles. The van der Waals surface area contributed by atoms with Crippen LogP contribution in [0.2, 0.25) is 0 Å². The van der Waals surface area contributed by atoms with Crippen LogP contribution < -0.4 is 5.32 Å². The topological polar surface area (TPSA) is 54.3 Å². The summed E-state index contributed by atoms with van der Waals surface area (Å²) in [4.78, 5) is 12.5. The van der Waals surface area contributed by atoms with E-state index >= 15 is 0 Å². The van der Waals surface area contributed by atoms with Crippen molar-refractivity contribution in [1.29, 1.82) is 0 Å². The van der Waals surface area contributed by atoms with Crippen LogP contribution in [0.25, 0.3) is 0 Å². The second-order valence-corrected chi connectivity index (χ2v) is 5.51. The minimum Gasteiger partial charge on any atom is -0.390 e. The third-order valence-corrected chi connectivity index (χ3v) is 4.02. The number of fused-ring (bicyclic) bond motifs is 1. The maximum absolute atomic E-state index is 12.5. The Bertz CT molecular complexity index is 648. The number of hydrogen-bond donors (Lipinski definition) is 2. The van der Waals surface area contributed by atoms with Crippen molar-refractivity contribution in [2.75, 3.05) is 0 Å². The number of rotatable bonds is 4. The molecule has 1 aromatic carbocycles. The van der Waals surface area contributed by atoms with Crippen LogP contribution in [0.4, 0.5) is 0 Å². The maximum Gasteiger partial charge on any atom is 0.268 e. The second-order valence-electron chi connectivity index (χ2n) is 5.51. The maximum atomic E-state index is 12.5. The first-order valence-corrected chi connectivity index (χ1v) is 7.42. The first kappa shape index (κ1) is 13.9. The molecule has 4 heteroatoms. The number of carbonyl (C=O) groups excluding carboxylic acids is 1. The summed E-state index contributed by atoms with van der Waals surface area (Å²) in [6, 6.07) is 11.3. The van der Waals surface area contributed by atoms with Gasteiger partial charge in [0.15, 0.2) is 0 Å². The van der Waals surface area contributed by atoms with Crippen LogP contribution in [0.1, 0.15) is 41.0 Å². The third-order valence-electron chi connectivity index (χ3n) is 4.02. The lowest BCUT2D eigenvalue weighted by molar-refractivity contribution is 0.0849. The van der Waals surface area contributed by atoms with Gasteiger partial charge in [-0.15, -0.1) is 0 Å². The van der Waals surface area contributed by atoms with Gasteiger partial charge in [-0.25, -0.2) is 0 Å². The molecule has 0 radical (unpaired) electrons. The summed E-state index contributed by atoms with van der Waals surface area (Å²) in [6.07, 6.45) is 2.93. The quantitative estimate of drug-likeness (QED) is 0.905. The largest absolute Gasteiger partial charge is 0.390 e. The number of benzene rings is 1. The zero-order valence-corrected chi connectivity index (χ0v) is 12.1. The molecule has 2 aromatic rings. The summed E-state index contributed by atoms with van der Waals surface area (Å²) in [7, 11) is 0. The van der Waals surface area contributed by atoms with Crippen molar-refractivity contribution in [1.82, 2.24) is 9.88 Å². The van der Waals surface area contributed by atoms with E-state index in [4.69, 9.17) is 0 Å². The molecular formula is C17H20N2O2. The van der Waals surface area contributed by atoms with Gasteiger partial charge in [0, 0.05) is 19.2 Å². The highest BCUT2D eigenvalue weighted by Crippen LogP contribution is 2.31. The molecule has 4 nitrogen and oxygen atoms in total. The van der Waals surface area contributed by atoms with Crippen molar-refractivity contribution in [2.24, 2.45) is 0 Å².